The Labute approximate surface area is 146 Å². The SMILES string of the molecule is C=C1C(=O)OCC2=CCN3CC[C@@H](OC(=O)[C@](C)(O)[C@]4(CO4)[C@H]1C)[C@@H]23. The first-order valence-corrected chi connectivity index (χ1v) is 8.64. The van der Waals surface area contributed by atoms with Gasteiger partial charge in [-0.05, 0) is 18.9 Å². The molecule has 1 spiro atoms. The Kier molecular flexibility index (Phi) is 3.62. The van der Waals surface area contributed by atoms with E-state index in [2.05, 4.69) is 11.5 Å². The maximum atomic E-state index is 12.8. The Bertz CT molecular complexity index is 677. The van der Waals surface area contributed by atoms with Crippen LogP contribution in [-0.2, 0) is 23.8 Å². The minimum absolute atomic E-state index is 0.103. The van der Waals surface area contributed by atoms with Crippen LogP contribution in [0.1, 0.15) is 20.3 Å². The van der Waals surface area contributed by atoms with Crippen molar-refractivity contribution in [2.24, 2.45) is 5.92 Å². The van der Waals surface area contributed by atoms with E-state index in [4.69, 9.17) is 14.2 Å². The summed E-state index contributed by atoms with van der Waals surface area (Å²) < 4.78 is 16.6. The number of aliphatic hydroxyl groups is 1. The highest BCUT2D eigenvalue weighted by atomic mass is 16.6. The Balaban J connectivity index is 1.70. The van der Waals surface area contributed by atoms with Gasteiger partial charge < -0.3 is 19.3 Å². The summed E-state index contributed by atoms with van der Waals surface area (Å²) in [6, 6.07) is -0.103. The molecule has 0 unspecified atom stereocenters. The topological polar surface area (TPSA) is 88.6 Å². The molecule has 7 nitrogen and oxygen atoms in total. The fourth-order valence-corrected chi connectivity index (χ4v) is 4.28. The van der Waals surface area contributed by atoms with Crippen LogP contribution in [0, 0.1) is 5.92 Å². The summed E-state index contributed by atoms with van der Waals surface area (Å²) in [7, 11) is 0. The van der Waals surface area contributed by atoms with Crippen LogP contribution >= 0.6 is 0 Å². The number of carbonyl (C=O) groups is 2. The number of hydrogen-bond donors (Lipinski definition) is 1. The molecule has 0 aliphatic carbocycles. The van der Waals surface area contributed by atoms with E-state index in [1.54, 1.807) is 6.92 Å². The quantitative estimate of drug-likeness (QED) is 0.289. The smallest absolute Gasteiger partial charge is 0.341 e. The summed E-state index contributed by atoms with van der Waals surface area (Å²) in [5.41, 5.74) is -1.96. The molecule has 25 heavy (non-hydrogen) atoms. The molecule has 0 aromatic heterocycles. The third-order valence-electron chi connectivity index (χ3n) is 6.20. The van der Waals surface area contributed by atoms with Gasteiger partial charge in [-0.3, -0.25) is 4.90 Å². The zero-order valence-corrected chi connectivity index (χ0v) is 14.5. The van der Waals surface area contributed by atoms with Gasteiger partial charge in [-0.1, -0.05) is 19.6 Å². The predicted octanol–water partition coefficient (Wildman–Crippen LogP) is 0.182. The number of esters is 2. The maximum absolute atomic E-state index is 12.8. The monoisotopic (exact) mass is 349 g/mol. The summed E-state index contributed by atoms with van der Waals surface area (Å²) >= 11 is 0. The molecule has 4 aliphatic rings. The molecule has 5 atom stereocenters. The fraction of sp³-hybridized carbons (Fsp3) is 0.667. The van der Waals surface area contributed by atoms with Crippen LogP contribution in [0.15, 0.2) is 23.8 Å². The summed E-state index contributed by atoms with van der Waals surface area (Å²) in [4.78, 5) is 27.4. The van der Waals surface area contributed by atoms with Crippen LogP contribution in [0.4, 0.5) is 0 Å². The normalized spacial score (nSPS) is 44.5. The molecule has 0 aromatic carbocycles. The number of cyclic esters (lactones) is 1. The van der Waals surface area contributed by atoms with Crippen molar-refractivity contribution in [3.63, 3.8) is 0 Å². The lowest BCUT2D eigenvalue weighted by Gasteiger charge is -2.35. The molecule has 0 saturated carbocycles. The molecule has 4 heterocycles. The lowest BCUT2D eigenvalue weighted by atomic mass is 9.76. The van der Waals surface area contributed by atoms with Gasteiger partial charge in [0, 0.05) is 24.6 Å². The zero-order valence-electron chi connectivity index (χ0n) is 14.5. The Morgan fingerprint density at radius 2 is 2.12 bits per heavy atom. The van der Waals surface area contributed by atoms with Crippen molar-refractivity contribution >= 4 is 11.9 Å². The summed E-state index contributed by atoms with van der Waals surface area (Å²) in [5, 5.41) is 10.9. The summed E-state index contributed by atoms with van der Waals surface area (Å²) in [6.45, 7) is 8.76. The Morgan fingerprint density at radius 3 is 2.80 bits per heavy atom. The molecular formula is C18H23NO6. The van der Waals surface area contributed by atoms with E-state index in [1.165, 1.54) is 6.92 Å². The predicted molar refractivity (Wildman–Crippen MR) is 86.5 cm³/mol. The molecule has 0 bridgehead atoms. The molecular weight excluding hydrogens is 326 g/mol. The van der Waals surface area contributed by atoms with Crippen LogP contribution in [0.3, 0.4) is 0 Å². The molecule has 0 aromatic rings. The van der Waals surface area contributed by atoms with E-state index in [1.807, 2.05) is 6.08 Å². The van der Waals surface area contributed by atoms with Crippen molar-refractivity contribution in [1.82, 2.24) is 4.90 Å². The third kappa shape index (κ3) is 2.29. The summed E-state index contributed by atoms with van der Waals surface area (Å²) in [5.74, 6) is -1.81. The lowest BCUT2D eigenvalue weighted by Crippen LogP contribution is -2.56. The van der Waals surface area contributed by atoms with E-state index >= 15 is 0 Å². The second-order valence-corrected chi connectivity index (χ2v) is 7.52. The number of ether oxygens (including phenoxy) is 3. The Hall–Kier alpha value is -1.70. The van der Waals surface area contributed by atoms with Crippen LogP contribution in [0.5, 0.6) is 0 Å². The van der Waals surface area contributed by atoms with Gasteiger partial charge in [0.05, 0.1) is 12.6 Å². The van der Waals surface area contributed by atoms with Crippen LogP contribution in [0.2, 0.25) is 0 Å². The van der Waals surface area contributed by atoms with Crippen LogP contribution < -0.4 is 0 Å². The molecule has 136 valence electrons. The van der Waals surface area contributed by atoms with Crippen molar-refractivity contribution in [2.75, 3.05) is 26.3 Å². The van der Waals surface area contributed by atoms with Crippen LogP contribution in [0.25, 0.3) is 0 Å². The van der Waals surface area contributed by atoms with E-state index < -0.39 is 29.1 Å². The van der Waals surface area contributed by atoms with Gasteiger partial charge in [-0.25, -0.2) is 9.59 Å². The van der Waals surface area contributed by atoms with Gasteiger partial charge in [0.2, 0.25) is 0 Å². The van der Waals surface area contributed by atoms with E-state index in [-0.39, 0.29) is 30.9 Å². The van der Waals surface area contributed by atoms with Crippen molar-refractivity contribution in [3.8, 4) is 0 Å². The van der Waals surface area contributed by atoms with Crippen molar-refractivity contribution in [1.29, 1.82) is 0 Å². The minimum atomic E-state index is -1.87. The first-order valence-electron chi connectivity index (χ1n) is 8.64. The van der Waals surface area contributed by atoms with Crippen LogP contribution in [-0.4, -0.2) is 71.6 Å². The number of epoxide rings is 1. The minimum Gasteiger partial charge on any atom is -0.458 e. The molecule has 0 radical (unpaired) electrons. The molecule has 1 N–H and O–H groups in total. The van der Waals surface area contributed by atoms with E-state index in [0.29, 0.717) is 6.42 Å². The Morgan fingerprint density at radius 1 is 1.40 bits per heavy atom. The maximum Gasteiger partial charge on any atom is 0.341 e. The first kappa shape index (κ1) is 16.8. The first-order chi connectivity index (χ1) is 11.8. The van der Waals surface area contributed by atoms with E-state index in [9.17, 15) is 14.7 Å². The average Bonchev–Trinajstić information content (AvgIpc) is 3.17. The highest BCUT2D eigenvalue weighted by Crippen LogP contribution is 2.48. The number of carbonyl (C=O) groups excluding carboxylic acids is 2. The van der Waals surface area contributed by atoms with Gasteiger partial charge >= 0.3 is 11.9 Å². The second kappa shape index (κ2) is 5.40. The van der Waals surface area contributed by atoms with Crippen molar-refractivity contribution < 1.29 is 28.9 Å². The molecule has 4 aliphatic heterocycles. The molecule has 4 rings (SSSR count). The summed E-state index contributed by atoms with van der Waals surface area (Å²) in [6.07, 6.45) is 2.34. The number of nitrogens with zero attached hydrogens (tertiary/aromatic N) is 1. The van der Waals surface area contributed by atoms with E-state index in [0.717, 1.165) is 18.7 Å². The molecule has 0 amide bonds. The van der Waals surface area contributed by atoms with Gasteiger partial charge in [0.25, 0.3) is 0 Å². The average molecular weight is 349 g/mol. The molecule has 7 heteroatoms. The largest absolute Gasteiger partial charge is 0.458 e. The van der Waals surface area contributed by atoms with Crippen molar-refractivity contribution in [3.05, 3.63) is 23.8 Å². The van der Waals surface area contributed by atoms with Gasteiger partial charge in [0.15, 0.2) is 5.60 Å². The van der Waals surface area contributed by atoms with Gasteiger partial charge in [-0.2, -0.15) is 0 Å². The molecule has 3 fully saturated rings. The standard InChI is InChI=1S/C18H23NO6/c1-10-11(2)18(9-24-18)17(3,22)16(21)25-13-5-7-19-6-4-12(14(13)19)8-23-15(10)20/h4,11,13-14,22H,1,5-9H2,2-3H3/t11-,13+,14+,17-,18-/m0/s1. The number of rotatable bonds is 0. The second-order valence-electron chi connectivity index (χ2n) is 7.52. The third-order valence-corrected chi connectivity index (χ3v) is 6.20. The van der Waals surface area contributed by atoms with Gasteiger partial charge in [0.1, 0.15) is 18.3 Å². The zero-order chi connectivity index (χ0) is 18.0. The van der Waals surface area contributed by atoms with Crippen molar-refractivity contribution in [2.45, 2.75) is 43.6 Å². The highest BCUT2D eigenvalue weighted by Gasteiger charge is 2.67. The van der Waals surface area contributed by atoms with Gasteiger partial charge in [-0.15, -0.1) is 0 Å². The number of hydrogen-bond acceptors (Lipinski definition) is 7. The molecule has 3 saturated heterocycles. The fourth-order valence-electron chi connectivity index (χ4n) is 4.28. The highest BCUT2D eigenvalue weighted by molar-refractivity contribution is 5.90. The lowest BCUT2D eigenvalue weighted by molar-refractivity contribution is -0.180.